The van der Waals surface area contributed by atoms with Crippen molar-refractivity contribution in [2.45, 2.75) is 0 Å². The highest BCUT2D eigenvalue weighted by Crippen LogP contribution is 2.23. The number of pyridine rings is 1. The summed E-state index contributed by atoms with van der Waals surface area (Å²) in [6.45, 7) is 0. The Kier molecular flexibility index (Phi) is 3.51. The van der Waals surface area contributed by atoms with Crippen LogP contribution < -0.4 is 5.32 Å². The summed E-state index contributed by atoms with van der Waals surface area (Å²) in [6.07, 6.45) is 3.19. The average Bonchev–Trinajstić information content (AvgIpc) is 3.07. The number of carbonyl (C=O) groups is 1. The number of amides is 1. The van der Waals surface area contributed by atoms with E-state index in [4.69, 9.17) is 0 Å². The summed E-state index contributed by atoms with van der Waals surface area (Å²) in [7, 11) is 0. The van der Waals surface area contributed by atoms with E-state index in [1.807, 2.05) is 48.5 Å². The molecule has 0 saturated heterocycles. The number of carbonyl (C=O) groups excluding carboxylic acids is 1. The number of benzene rings is 2. The van der Waals surface area contributed by atoms with E-state index in [1.165, 1.54) is 0 Å². The number of hydrogen-bond acceptors (Lipinski definition) is 3. The van der Waals surface area contributed by atoms with Crippen LogP contribution in [0.15, 0.2) is 73.1 Å². The molecule has 4 rings (SSSR count). The molecule has 5 nitrogen and oxygen atoms in total. The molecule has 116 valence electrons. The number of anilines is 1. The normalized spacial score (nSPS) is 10.7. The van der Waals surface area contributed by atoms with Gasteiger partial charge in [0.1, 0.15) is 5.82 Å². The van der Waals surface area contributed by atoms with Crippen LogP contribution in [0.5, 0.6) is 0 Å². The molecule has 0 spiro atoms. The summed E-state index contributed by atoms with van der Waals surface area (Å²) in [5, 5.41) is 2.89. The number of fused-ring (bicyclic) bond motifs is 1. The second-order valence-electron chi connectivity index (χ2n) is 5.37. The number of aromatic nitrogens is 3. The Morgan fingerprint density at radius 1 is 0.958 bits per heavy atom. The first kappa shape index (κ1) is 14.1. The maximum atomic E-state index is 12.2. The van der Waals surface area contributed by atoms with Gasteiger partial charge in [-0.15, -0.1) is 0 Å². The first-order valence-corrected chi connectivity index (χ1v) is 7.56. The van der Waals surface area contributed by atoms with E-state index in [1.54, 1.807) is 24.5 Å². The van der Waals surface area contributed by atoms with Gasteiger partial charge in [0.05, 0.1) is 11.0 Å². The summed E-state index contributed by atoms with van der Waals surface area (Å²) < 4.78 is 0. The number of para-hydroxylation sites is 2. The lowest BCUT2D eigenvalue weighted by atomic mass is 10.2. The van der Waals surface area contributed by atoms with Crippen LogP contribution in [0.25, 0.3) is 22.4 Å². The van der Waals surface area contributed by atoms with Gasteiger partial charge in [0, 0.05) is 29.2 Å². The molecule has 24 heavy (non-hydrogen) atoms. The number of aromatic amines is 1. The molecule has 4 aromatic rings. The maximum Gasteiger partial charge on any atom is 0.255 e. The molecule has 5 heteroatoms. The minimum absolute atomic E-state index is 0.167. The van der Waals surface area contributed by atoms with Crippen molar-refractivity contribution >= 4 is 22.6 Å². The van der Waals surface area contributed by atoms with Gasteiger partial charge in [-0.3, -0.25) is 9.78 Å². The van der Waals surface area contributed by atoms with Gasteiger partial charge in [0.2, 0.25) is 0 Å². The largest absolute Gasteiger partial charge is 0.338 e. The molecule has 0 fully saturated rings. The molecule has 0 saturated carbocycles. The Morgan fingerprint density at radius 2 is 1.79 bits per heavy atom. The van der Waals surface area contributed by atoms with E-state index in [-0.39, 0.29) is 5.91 Å². The van der Waals surface area contributed by atoms with Gasteiger partial charge in [0.25, 0.3) is 5.91 Å². The summed E-state index contributed by atoms with van der Waals surface area (Å²) in [5.74, 6) is 0.607. The second-order valence-corrected chi connectivity index (χ2v) is 5.37. The summed E-state index contributed by atoms with van der Waals surface area (Å²) in [5.41, 5.74) is 4.10. The molecule has 0 aliphatic heterocycles. The van der Waals surface area contributed by atoms with Crippen LogP contribution in [0, 0.1) is 0 Å². The van der Waals surface area contributed by atoms with Gasteiger partial charge in [-0.2, -0.15) is 0 Å². The highest BCUT2D eigenvalue weighted by atomic mass is 16.1. The third-order valence-electron chi connectivity index (χ3n) is 3.73. The Hall–Kier alpha value is -3.47. The lowest BCUT2D eigenvalue weighted by Crippen LogP contribution is -2.11. The molecule has 0 atom stereocenters. The topological polar surface area (TPSA) is 70.7 Å². The number of H-pyrrole nitrogens is 1. The van der Waals surface area contributed by atoms with Gasteiger partial charge in [0.15, 0.2) is 0 Å². The number of hydrogen-bond donors (Lipinski definition) is 2. The highest BCUT2D eigenvalue weighted by Gasteiger charge is 2.08. The first-order chi connectivity index (χ1) is 11.8. The van der Waals surface area contributed by atoms with Gasteiger partial charge < -0.3 is 10.3 Å². The maximum absolute atomic E-state index is 12.2. The minimum Gasteiger partial charge on any atom is -0.338 e. The van der Waals surface area contributed by atoms with Crippen molar-refractivity contribution in [1.29, 1.82) is 0 Å². The van der Waals surface area contributed by atoms with Crippen LogP contribution in [0.1, 0.15) is 10.4 Å². The Morgan fingerprint density at radius 3 is 2.62 bits per heavy atom. The monoisotopic (exact) mass is 314 g/mol. The van der Waals surface area contributed by atoms with Crippen LogP contribution >= 0.6 is 0 Å². The predicted molar refractivity (Wildman–Crippen MR) is 93.7 cm³/mol. The smallest absolute Gasteiger partial charge is 0.255 e. The van der Waals surface area contributed by atoms with E-state index in [2.05, 4.69) is 20.3 Å². The van der Waals surface area contributed by atoms with Crippen molar-refractivity contribution in [3.8, 4) is 11.4 Å². The van der Waals surface area contributed by atoms with Gasteiger partial charge >= 0.3 is 0 Å². The van der Waals surface area contributed by atoms with Crippen LogP contribution in [0.2, 0.25) is 0 Å². The zero-order valence-corrected chi connectivity index (χ0v) is 12.7. The van der Waals surface area contributed by atoms with Crippen LogP contribution in [0.4, 0.5) is 5.69 Å². The molecule has 2 aromatic carbocycles. The van der Waals surface area contributed by atoms with E-state index < -0.39 is 0 Å². The molecular weight excluding hydrogens is 300 g/mol. The fraction of sp³-hybridized carbons (Fsp3) is 0. The van der Waals surface area contributed by atoms with E-state index in [9.17, 15) is 4.79 Å². The molecule has 1 amide bonds. The molecule has 2 heterocycles. The number of imidazole rings is 1. The van der Waals surface area contributed by atoms with Gasteiger partial charge in [-0.1, -0.05) is 24.3 Å². The minimum atomic E-state index is -0.167. The lowest BCUT2D eigenvalue weighted by Gasteiger charge is -2.06. The summed E-state index contributed by atoms with van der Waals surface area (Å²) >= 11 is 0. The zero-order chi connectivity index (χ0) is 16.4. The fourth-order valence-corrected chi connectivity index (χ4v) is 2.54. The fourth-order valence-electron chi connectivity index (χ4n) is 2.54. The predicted octanol–water partition coefficient (Wildman–Crippen LogP) is 3.88. The van der Waals surface area contributed by atoms with Crippen LogP contribution in [-0.2, 0) is 0 Å². The molecule has 0 bridgehead atoms. The van der Waals surface area contributed by atoms with Crippen molar-refractivity contribution in [2.24, 2.45) is 0 Å². The van der Waals surface area contributed by atoms with E-state index in [0.29, 0.717) is 5.56 Å². The van der Waals surface area contributed by atoms with Crippen molar-refractivity contribution < 1.29 is 4.79 Å². The van der Waals surface area contributed by atoms with Crippen LogP contribution in [-0.4, -0.2) is 20.9 Å². The van der Waals surface area contributed by atoms with E-state index >= 15 is 0 Å². The van der Waals surface area contributed by atoms with Crippen molar-refractivity contribution in [3.05, 3.63) is 78.6 Å². The third-order valence-corrected chi connectivity index (χ3v) is 3.73. The third kappa shape index (κ3) is 2.75. The standard InChI is InChI=1S/C19H14N4O/c24-19(13-8-10-20-11-9-13)21-15-5-3-4-14(12-15)18-22-16-6-1-2-7-17(16)23-18/h1-12H,(H,21,24)(H,22,23). The quantitative estimate of drug-likeness (QED) is 0.603. The van der Waals surface area contributed by atoms with Crippen molar-refractivity contribution in [3.63, 3.8) is 0 Å². The van der Waals surface area contributed by atoms with Crippen molar-refractivity contribution in [2.75, 3.05) is 5.32 Å². The SMILES string of the molecule is O=C(Nc1cccc(-c2nc3ccccc3[nH]2)c1)c1ccncc1. The molecule has 0 aliphatic carbocycles. The zero-order valence-electron chi connectivity index (χ0n) is 12.7. The highest BCUT2D eigenvalue weighted by molar-refractivity contribution is 6.04. The Labute approximate surface area is 138 Å². The number of nitrogens with one attached hydrogen (secondary N) is 2. The van der Waals surface area contributed by atoms with Gasteiger partial charge in [-0.05, 0) is 36.4 Å². The first-order valence-electron chi connectivity index (χ1n) is 7.56. The molecule has 0 unspecified atom stereocenters. The second kappa shape index (κ2) is 5.96. The Bertz CT molecular complexity index is 975. The lowest BCUT2D eigenvalue weighted by molar-refractivity contribution is 0.102. The Balaban J connectivity index is 1.63. The molecule has 0 aliphatic rings. The molecule has 2 aromatic heterocycles. The number of rotatable bonds is 3. The summed E-state index contributed by atoms with van der Waals surface area (Å²) in [6, 6.07) is 18.8. The van der Waals surface area contributed by atoms with E-state index in [0.717, 1.165) is 28.1 Å². The van der Waals surface area contributed by atoms with Crippen molar-refractivity contribution in [1.82, 2.24) is 15.0 Å². The molecule has 2 N–H and O–H groups in total. The average molecular weight is 314 g/mol. The summed E-state index contributed by atoms with van der Waals surface area (Å²) in [4.78, 5) is 24.0. The molecular formula is C19H14N4O. The molecule has 0 radical (unpaired) electrons. The van der Waals surface area contributed by atoms with Gasteiger partial charge in [-0.25, -0.2) is 4.98 Å². The number of nitrogens with zero attached hydrogens (tertiary/aromatic N) is 2. The van der Waals surface area contributed by atoms with Crippen LogP contribution in [0.3, 0.4) is 0 Å².